The van der Waals surface area contributed by atoms with E-state index >= 15 is 0 Å². The maximum Gasteiger partial charge on any atom is 0.248 e. The van der Waals surface area contributed by atoms with Crippen LogP contribution in [0.3, 0.4) is 0 Å². The first-order chi connectivity index (χ1) is 9.58. The topological polar surface area (TPSA) is 49.4 Å². The van der Waals surface area contributed by atoms with Gasteiger partial charge in [-0.25, -0.2) is 0 Å². The van der Waals surface area contributed by atoms with Crippen molar-refractivity contribution < 1.29 is 9.59 Å². The third kappa shape index (κ3) is 3.68. The molecule has 114 valence electrons. The van der Waals surface area contributed by atoms with Gasteiger partial charge in [0.25, 0.3) is 0 Å². The van der Waals surface area contributed by atoms with Crippen LogP contribution in [0.25, 0.3) is 0 Å². The summed E-state index contributed by atoms with van der Waals surface area (Å²) in [5, 5.41) is 2.97. The van der Waals surface area contributed by atoms with Crippen molar-refractivity contribution in [3.05, 3.63) is 0 Å². The lowest BCUT2D eigenvalue weighted by molar-refractivity contribution is -0.139. The van der Waals surface area contributed by atoms with Gasteiger partial charge in [0.2, 0.25) is 11.8 Å². The number of nitrogens with one attached hydrogen (secondary N) is 1. The number of nitrogens with zero attached hydrogens (tertiary/aromatic N) is 1. The third-order valence-electron chi connectivity index (χ3n) is 4.41. The van der Waals surface area contributed by atoms with Crippen LogP contribution in [0.2, 0.25) is 0 Å². The van der Waals surface area contributed by atoms with Crippen LogP contribution in [0.1, 0.15) is 45.4 Å². The predicted octanol–water partition coefficient (Wildman–Crippen LogP) is 2.04. The molecule has 0 aromatic heterocycles. The molecule has 2 aliphatic rings. The van der Waals surface area contributed by atoms with Gasteiger partial charge in [-0.3, -0.25) is 9.59 Å². The van der Waals surface area contributed by atoms with Gasteiger partial charge in [0.1, 0.15) is 5.54 Å². The Kier molecular flexibility index (Phi) is 5.35. The Bertz CT molecular complexity index is 371. The first kappa shape index (κ1) is 15.7. The van der Waals surface area contributed by atoms with Crippen molar-refractivity contribution >= 4 is 23.6 Å². The van der Waals surface area contributed by atoms with Gasteiger partial charge >= 0.3 is 0 Å². The van der Waals surface area contributed by atoms with E-state index in [4.69, 9.17) is 0 Å². The number of unbranched alkanes of at least 4 members (excludes halogenated alkanes) is 2. The van der Waals surface area contributed by atoms with Crippen LogP contribution in [-0.4, -0.2) is 47.4 Å². The average molecular weight is 298 g/mol. The standard InChI is InChI=1S/C15H26N2O2S/c1-15(12-6-7-12)14(19)17(10-8-13(18)16-15)9-4-3-5-11-20-2/h12H,3-11H2,1-2H3,(H,16,18). The number of thioether (sulfide) groups is 1. The molecule has 1 unspecified atom stereocenters. The van der Waals surface area contributed by atoms with Gasteiger partial charge in [-0.05, 0) is 50.5 Å². The number of carbonyl (C=O) groups excluding carboxylic acids is 2. The number of rotatable bonds is 7. The van der Waals surface area contributed by atoms with Gasteiger partial charge in [0, 0.05) is 19.5 Å². The summed E-state index contributed by atoms with van der Waals surface area (Å²) in [5.74, 6) is 1.69. The Morgan fingerprint density at radius 3 is 2.70 bits per heavy atom. The molecule has 0 aromatic rings. The van der Waals surface area contributed by atoms with Gasteiger partial charge in [-0.2, -0.15) is 11.8 Å². The zero-order valence-electron chi connectivity index (χ0n) is 12.6. The largest absolute Gasteiger partial charge is 0.342 e. The van der Waals surface area contributed by atoms with Gasteiger partial charge in [-0.15, -0.1) is 0 Å². The second-order valence-electron chi connectivity index (χ2n) is 6.12. The maximum atomic E-state index is 12.7. The van der Waals surface area contributed by atoms with Crippen molar-refractivity contribution in [2.24, 2.45) is 5.92 Å². The Hall–Kier alpha value is -0.710. The SMILES string of the molecule is CSCCCCCN1CCC(=O)NC(C)(C2CC2)C1=O. The Morgan fingerprint density at radius 2 is 2.05 bits per heavy atom. The smallest absolute Gasteiger partial charge is 0.248 e. The van der Waals surface area contributed by atoms with E-state index < -0.39 is 5.54 Å². The molecule has 0 spiro atoms. The van der Waals surface area contributed by atoms with Crippen molar-refractivity contribution in [3.63, 3.8) is 0 Å². The summed E-state index contributed by atoms with van der Waals surface area (Å²) in [6, 6.07) is 0. The third-order valence-corrected chi connectivity index (χ3v) is 5.11. The molecule has 1 saturated heterocycles. The monoisotopic (exact) mass is 298 g/mol. The molecule has 0 aromatic carbocycles. The highest BCUT2D eigenvalue weighted by Gasteiger charge is 2.50. The summed E-state index contributed by atoms with van der Waals surface area (Å²) in [6.45, 7) is 3.29. The van der Waals surface area contributed by atoms with E-state index in [9.17, 15) is 9.59 Å². The molecular formula is C15H26N2O2S. The highest BCUT2D eigenvalue weighted by molar-refractivity contribution is 7.98. The van der Waals surface area contributed by atoms with Crippen LogP contribution < -0.4 is 5.32 Å². The lowest BCUT2D eigenvalue weighted by Gasteiger charge is -2.32. The quantitative estimate of drug-likeness (QED) is 0.732. The van der Waals surface area contributed by atoms with Gasteiger partial charge < -0.3 is 10.2 Å². The summed E-state index contributed by atoms with van der Waals surface area (Å²) < 4.78 is 0. The Balaban J connectivity index is 1.90. The number of carbonyl (C=O) groups is 2. The molecule has 2 rings (SSSR count). The van der Waals surface area contributed by atoms with Crippen LogP contribution in [0.5, 0.6) is 0 Å². The van der Waals surface area contributed by atoms with E-state index in [1.54, 1.807) is 0 Å². The summed E-state index contributed by atoms with van der Waals surface area (Å²) in [7, 11) is 0. The lowest BCUT2D eigenvalue weighted by atomic mass is 9.94. The van der Waals surface area contributed by atoms with Crippen LogP contribution in [-0.2, 0) is 9.59 Å². The van der Waals surface area contributed by atoms with Crippen molar-refractivity contribution in [1.29, 1.82) is 0 Å². The van der Waals surface area contributed by atoms with E-state index in [0.29, 0.717) is 18.9 Å². The zero-order valence-corrected chi connectivity index (χ0v) is 13.4. The van der Waals surface area contributed by atoms with Crippen molar-refractivity contribution in [2.45, 2.75) is 51.0 Å². The van der Waals surface area contributed by atoms with Crippen LogP contribution >= 0.6 is 11.8 Å². The first-order valence-corrected chi connectivity index (χ1v) is 9.06. The number of hydrogen-bond donors (Lipinski definition) is 1. The highest BCUT2D eigenvalue weighted by atomic mass is 32.2. The fourth-order valence-corrected chi connectivity index (χ4v) is 3.44. The van der Waals surface area contributed by atoms with E-state index in [2.05, 4.69) is 11.6 Å². The molecule has 1 N–H and O–H groups in total. The van der Waals surface area contributed by atoms with E-state index in [1.807, 2.05) is 23.6 Å². The molecule has 4 nitrogen and oxygen atoms in total. The molecule has 1 heterocycles. The molecule has 2 amide bonds. The summed E-state index contributed by atoms with van der Waals surface area (Å²) in [5.41, 5.74) is -0.646. The van der Waals surface area contributed by atoms with Crippen LogP contribution in [0, 0.1) is 5.92 Å². The number of hydrogen-bond acceptors (Lipinski definition) is 3. The molecular weight excluding hydrogens is 272 g/mol. The fourth-order valence-electron chi connectivity index (χ4n) is 2.95. The van der Waals surface area contributed by atoms with Crippen LogP contribution in [0.4, 0.5) is 0 Å². The van der Waals surface area contributed by atoms with Crippen molar-refractivity contribution in [2.75, 3.05) is 25.1 Å². The highest BCUT2D eigenvalue weighted by Crippen LogP contribution is 2.41. The molecule has 1 aliphatic carbocycles. The second-order valence-corrected chi connectivity index (χ2v) is 7.11. The first-order valence-electron chi connectivity index (χ1n) is 7.67. The molecule has 5 heteroatoms. The van der Waals surface area contributed by atoms with E-state index in [-0.39, 0.29) is 11.8 Å². The maximum absolute atomic E-state index is 12.7. The molecule has 1 saturated carbocycles. The van der Waals surface area contributed by atoms with Gasteiger partial charge in [0.15, 0.2) is 0 Å². The van der Waals surface area contributed by atoms with Gasteiger partial charge in [0.05, 0.1) is 0 Å². The second kappa shape index (κ2) is 6.83. The summed E-state index contributed by atoms with van der Waals surface area (Å²) in [6.07, 6.45) is 8.09. The molecule has 0 bridgehead atoms. The van der Waals surface area contributed by atoms with Gasteiger partial charge in [-0.1, -0.05) is 6.42 Å². The van der Waals surface area contributed by atoms with Crippen molar-refractivity contribution in [3.8, 4) is 0 Å². The minimum absolute atomic E-state index is 0.0256. The summed E-state index contributed by atoms with van der Waals surface area (Å²) >= 11 is 1.87. The Morgan fingerprint density at radius 1 is 1.30 bits per heavy atom. The molecule has 1 aliphatic heterocycles. The minimum atomic E-state index is -0.646. The fraction of sp³-hybridized carbons (Fsp3) is 0.867. The number of amides is 2. The van der Waals surface area contributed by atoms with Crippen LogP contribution in [0.15, 0.2) is 0 Å². The average Bonchev–Trinajstić information content (AvgIpc) is 3.25. The van der Waals surface area contributed by atoms with E-state index in [0.717, 1.165) is 32.2 Å². The molecule has 20 heavy (non-hydrogen) atoms. The zero-order chi connectivity index (χ0) is 14.6. The molecule has 1 atom stereocenters. The Labute approximate surface area is 126 Å². The predicted molar refractivity (Wildman–Crippen MR) is 82.7 cm³/mol. The van der Waals surface area contributed by atoms with E-state index in [1.165, 1.54) is 12.2 Å². The van der Waals surface area contributed by atoms with Crippen molar-refractivity contribution in [1.82, 2.24) is 10.2 Å². The minimum Gasteiger partial charge on any atom is -0.342 e. The molecule has 2 fully saturated rings. The normalized spacial score (nSPS) is 27.4. The lowest BCUT2D eigenvalue weighted by Crippen LogP contribution is -2.56. The summed E-state index contributed by atoms with van der Waals surface area (Å²) in [4.78, 5) is 26.5. The molecule has 0 radical (unpaired) electrons.